The van der Waals surface area contributed by atoms with Crippen LogP contribution >= 0.6 is 11.3 Å². The highest BCUT2D eigenvalue weighted by Crippen LogP contribution is 2.38. The van der Waals surface area contributed by atoms with Crippen molar-refractivity contribution in [1.29, 1.82) is 0 Å². The van der Waals surface area contributed by atoms with Gasteiger partial charge in [-0.05, 0) is 35.6 Å². The van der Waals surface area contributed by atoms with Gasteiger partial charge in [0.05, 0.1) is 27.0 Å². The first kappa shape index (κ1) is 16.2. The van der Waals surface area contributed by atoms with Gasteiger partial charge in [-0.2, -0.15) is 11.3 Å². The van der Waals surface area contributed by atoms with Crippen LogP contribution in [0.15, 0.2) is 29.0 Å². The Morgan fingerprint density at radius 2 is 1.82 bits per heavy atom. The monoisotopic (exact) mass is 321 g/mol. The van der Waals surface area contributed by atoms with E-state index in [-0.39, 0.29) is 5.91 Å². The van der Waals surface area contributed by atoms with Gasteiger partial charge >= 0.3 is 0 Å². The summed E-state index contributed by atoms with van der Waals surface area (Å²) in [5.41, 5.74) is 1.79. The van der Waals surface area contributed by atoms with E-state index in [2.05, 4.69) is 5.32 Å². The number of amides is 1. The zero-order valence-electron chi connectivity index (χ0n) is 12.8. The number of nitrogens with one attached hydrogen (secondary N) is 1. The molecule has 0 aliphatic carbocycles. The van der Waals surface area contributed by atoms with E-state index >= 15 is 0 Å². The molecule has 0 saturated heterocycles. The molecule has 1 heterocycles. The van der Waals surface area contributed by atoms with Gasteiger partial charge in [0.15, 0.2) is 11.5 Å². The number of hydrogen-bond acceptors (Lipinski definition) is 5. The number of carbonyl (C=O) groups is 1. The van der Waals surface area contributed by atoms with E-state index in [1.54, 1.807) is 32.7 Å². The zero-order chi connectivity index (χ0) is 15.9. The summed E-state index contributed by atoms with van der Waals surface area (Å²) in [6.07, 6.45) is 0.973. The second kappa shape index (κ2) is 7.70. The third-order valence-corrected chi connectivity index (χ3v) is 3.85. The number of ether oxygens (including phenoxy) is 3. The molecule has 2 aromatic rings. The fourth-order valence-corrected chi connectivity index (χ4v) is 2.68. The van der Waals surface area contributed by atoms with Crippen LogP contribution < -0.4 is 19.5 Å². The maximum Gasteiger partial charge on any atom is 0.224 e. The maximum absolute atomic E-state index is 11.9. The average molecular weight is 321 g/mol. The molecule has 0 spiro atoms. The third-order valence-electron chi connectivity index (χ3n) is 3.17. The first-order valence-corrected chi connectivity index (χ1v) is 7.73. The van der Waals surface area contributed by atoms with Crippen LogP contribution in [0.2, 0.25) is 0 Å². The molecule has 0 aliphatic rings. The van der Waals surface area contributed by atoms with Gasteiger partial charge in [-0.1, -0.05) is 0 Å². The number of aryl methyl sites for hydroxylation is 1. The van der Waals surface area contributed by atoms with Gasteiger partial charge < -0.3 is 19.5 Å². The molecular weight excluding hydrogens is 302 g/mol. The maximum atomic E-state index is 11.9. The van der Waals surface area contributed by atoms with Gasteiger partial charge in [0.1, 0.15) is 0 Å². The van der Waals surface area contributed by atoms with Crippen LogP contribution in [0.3, 0.4) is 0 Å². The molecule has 22 heavy (non-hydrogen) atoms. The summed E-state index contributed by atoms with van der Waals surface area (Å²) < 4.78 is 15.9. The van der Waals surface area contributed by atoms with Crippen molar-refractivity contribution in [2.45, 2.75) is 12.8 Å². The summed E-state index contributed by atoms with van der Waals surface area (Å²) in [5, 5.41) is 6.68. The molecule has 1 N–H and O–H groups in total. The molecule has 118 valence electrons. The summed E-state index contributed by atoms with van der Waals surface area (Å²) in [6.45, 7) is 0. The van der Waals surface area contributed by atoms with Crippen LogP contribution in [0.1, 0.15) is 12.0 Å². The Balaban J connectivity index is 2.04. The van der Waals surface area contributed by atoms with Crippen molar-refractivity contribution < 1.29 is 19.0 Å². The lowest BCUT2D eigenvalue weighted by molar-refractivity contribution is -0.116. The molecular formula is C16H19NO4S. The Morgan fingerprint density at radius 3 is 2.32 bits per heavy atom. The van der Waals surface area contributed by atoms with Crippen molar-refractivity contribution in [2.75, 3.05) is 26.6 Å². The van der Waals surface area contributed by atoms with Crippen LogP contribution in [0.4, 0.5) is 5.69 Å². The summed E-state index contributed by atoms with van der Waals surface area (Å²) in [4.78, 5) is 11.9. The fraction of sp³-hybridized carbons (Fsp3) is 0.312. The number of methoxy groups -OCH3 is 3. The van der Waals surface area contributed by atoms with E-state index in [1.165, 1.54) is 0 Å². The predicted octanol–water partition coefficient (Wildman–Crippen LogP) is 3.35. The van der Waals surface area contributed by atoms with Crippen molar-refractivity contribution in [3.63, 3.8) is 0 Å². The van der Waals surface area contributed by atoms with Gasteiger partial charge in [-0.15, -0.1) is 0 Å². The summed E-state index contributed by atoms with van der Waals surface area (Å²) in [6, 6.07) is 5.60. The smallest absolute Gasteiger partial charge is 0.224 e. The molecule has 1 amide bonds. The van der Waals surface area contributed by atoms with Crippen LogP contribution in [0, 0.1) is 0 Å². The lowest BCUT2D eigenvalue weighted by atomic mass is 10.1. The number of carbonyl (C=O) groups excluding carboxylic acids is 1. The standard InChI is InChI=1S/C16H19NO4S/c1-19-13-8-11(9-14(20-2)16(13)21-3)4-5-15(18)17-12-6-7-22-10-12/h6-10H,4-5H2,1-3H3,(H,17,18). The lowest BCUT2D eigenvalue weighted by Crippen LogP contribution is -2.11. The van der Waals surface area contributed by atoms with Crippen LogP contribution in [0.25, 0.3) is 0 Å². The Kier molecular flexibility index (Phi) is 5.66. The molecule has 0 unspecified atom stereocenters. The first-order chi connectivity index (χ1) is 10.7. The van der Waals surface area contributed by atoms with E-state index in [9.17, 15) is 4.79 Å². The molecule has 0 aliphatic heterocycles. The minimum absolute atomic E-state index is 0.0212. The average Bonchev–Trinajstić information content (AvgIpc) is 3.04. The van der Waals surface area contributed by atoms with E-state index in [1.807, 2.05) is 29.0 Å². The largest absolute Gasteiger partial charge is 0.493 e. The quantitative estimate of drug-likeness (QED) is 0.850. The van der Waals surface area contributed by atoms with Crippen molar-refractivity contribution in [2.24, 2.45) is 0 Å². The van der Waals surface area contributed by atoms with Gasteiger partial charge in [0.25, 0.3) is 0 Å². The minimum atomic E-state index is -0.0212. The Bertz CT molecular complexity index is 600. The molecule has 1 aromatic carbocycles. The van der Waals surface area contributed by atoms with E-state index < -0.39 is 0 Å². The number of anilines is 1. The van der Waals surface area contributed by atoms with E-state index in [4.69, 9.17) is 14.2 Å². The number of hydrogen-bond donors (Lipinski definition) is 1. The summed E-state index contributed by atoms with van der Waals surface area (Å²) >= 11 is 1.55. The highest BCUT2D eigenvalue weighted by atomic mass is 32.1. The van der Waals surface area contributed by atoms with Crippen LogP contribution in [-0.4, -0.2) is 27.2 Å². The number of rotatable bonds is 7. The SMILES string of the molecule is COc1cc(CCC(=O)Nc2ccsc2)cc(OC)c1OC. The topological polar surface area (TPSA) is 56.8 Å². The van der Waals surface area contributed by atoms with Crippen LogP contribution in [0.5, 0.6) is 17.2 Å². The Hall–Kier alpha value is -2.21. The zero-order valence-corrected chi connectivity index (χ0v) is 13.7. The molecule has 5 nitrogen and oxygen atoms in total. The highest BCUT2D eigenvalue weighted by Gasteiger charge is 2.13. The van der Waals surface area contributed by atoms with Crippen molar-refractivity contribution in [3.05, 3.63) is 34.5 Å². The van der Waals surface area contributed by atoms with Crippen molar-refractivity contribution in [3.8, 4) is 17.2 Å². The minimum Gasteiger partial charge on any atom is -0.493 e. The molecule has 2 rings (SSSR count). The third kappa shape index (κ3) is 3.92. The number of benzene rings is 1. The fourth-order valence-electron chi connectivity index (χ4n) is 2.10. The molecule has 0 saturated carbocycles. The molecule has 0 bridgehead atoms. The van der Waals surface area contributed by atoms with E-state index in [0.29, 0.717) is 30.1 Å². The second-order valence-electron chi connectivity index (χ2n) is 4.59. The van der Waals surface area contributed by atoms with Crippen molar-refractivity contribution in [1.82, 2.24) is 0 Å². The van der Waals surface area contributed by atoms with Gasteiger partial charge in [0.2, 0.25) is 11.7 Å². The Labute approximate surface area is 133 Å². The molecule has 0 radical (unpaired) electrons. The van der Waals surface area contributed by atoms with E-state index in [0.717, 1.165) is 11.3 Å². The van der Waals surface area contributed by atoms with Gasteiger partial charge in [-0.3, -0.25) is 4.79 Å². The highest BCUT2D eigenvalue weighted by molar-refractivity contribution is 7.08. The molecule has 0 fully saturated rings. The molecule has 1 aromatic heterocycles. The normalized spacial score (nSPS) is 10.1. The molecule has 0 atom stereocenters. The summed E-state index contributed by atoms with van der Waals surface area (Å²) in [7, 11) is 4.71. The second-order valence-corrected chi connectivity index (χ2v) is 5.37. The van der Waals surface area contributed by atoms with Gasteiger partial charge in [-0.25, -0.2) is 0 Å². The van der Waals surface area contributed by atoms with Crippen LogP contribution in [-0.2, 0) is 11.2 Å². The summed E-state index contributed by atoms with van der Waals surface area (Å²) in [5.74, 6) is 1.72. The number of thiophene rings is 1. The van der Waals surface area contributed by atoms with Gasteiger partial charge in [0, 0.05) is 11.8 Å². The Morgan fingerprint density at radius 1 is 1.14 bits per heavy atom. The lowest BCUT2D eigenvalue weighted by Gasteiger charge is -2.14. The molecule has 6 heteroatoms. The predicted molar refractivity (Wildman–Crippen MR) is 87.4 cm³/mol. The van der Waals surface area contributed by atoms with Crippen molar-refractivity contribution >= 4 is 22.9 Å². The first-order valence-electron chi connectivity index (χ1n) is 6.79.